The standard InChI is InChI=1S/C47H87NO6/c1-9-11-31-37-52-43(49)35-29-25-21-17-13-15-19-23-27-33-42(54-45(51)39-46(3,4)40-47(5,6)41-48(7)8)34-28-24-20-16-14-18-22-26-30-36-44(50)53-38-32-12-10-2/h25-26,29-30,42H,9-24,27-28,31-41H2,1-8H3/b29-25-,30-26-. The second kappa shape index (κ2) is 34.1. The van der Waals surface area contributed by atoms with Crippen molar-refractivity contribution in [3.8, 4) is 0 Å². The lowest BCUT2D eigenvalue weighted by atomic mass is 9.73. The smallest absolute Gasteiger partial charge is 0.309 e. The van der Waals surface area contributed by atoms with Gasteiger partial charge in [0.15, 0.2) is 0 Å². The van der Waals surface area contributed by atoms with Gasteiger partial charge in [-0.2, -0.15) is 0 Å². The van der Waals surface area contributed by atoms with Crippen molar-refractivity contribution in [1.82, 2.24) is 4.90 Å². The van der Waals surface area contributed by atoms with Crippen LogP contribution in [0.2, 0.25) is 0 Å². The van der Waals surface area contributed by atoms with Gasteiger partial charge in [0.05, 0.1) is 32.5 Å². The lowest BCUT2D eigenvalue weighted by Crippen LogP contribution is -2.34. The average Bonchev–Trinajstić information content (AvgIpc) is 3.08. The highest BCUT2D eigenvalue weighted by atomic mass is 16.5. The Kier molecular flexibility index (Phi) is 32.8. The third kappa shape index (κ3) is 35.5. The minimum Gasteiger partial charge on any atom is -0.465 e. The minimum atomic E-state index is -0.121. The van der Waals surface area contributed by atoms with Crippen molar-refractivity contribution in [3.05, 3.63) is 24.3 Å². The maximum absolute atomic E-state index is 13.3. The van der Waals surface area contributed by atoms with Gasteiger partial charge in [-0.3, -0.25) is 14.4 Å². The molecule has 0 aliphatic rings. The maximum Gasteiger partial charge on any atom is 0.309 e. The summed E-state index contributed by atoms with van der Waals surface area (Å²) in [6, 6.07) is 0. The Balaban J connectivity index is 4.51. The van der Waals surface area contributed by atoms with Gasteiger partial charge in [-0.25, -0.2) is 0 Å². The van der Waals surface area contributed by atoms with Crippen molar-refractivity contribution in [2.75, 3.05) is 33.9 Å². The van der Waals surface area contributed by atoms with Gasteiger partial charge in [-0.15, -0.1) is 0 Å². The summed E-state index contributed by atoms with van der Waals surface area (Å²) in [7, 11) is 4.22. The number of rotatable bonds is 37. The summed E-state index contributed by atoms with van der Waals surface area (Å²) in [6.45, 7) is 15.4. The Morgan fingerprint density at radius 2 is 0.963 bits per heavy atom. The molecule has 0 unspecified atom stereocenters. The summed E-state index contributed by atoms with van der Waals surface area (Å²) < 4.78 is 16.7. The van der Waals surface area contributed by atoms with Gasteiger partial charge < -0.3 is 19.1 Å². The molecule has 0 aromatic rings. The Bertz CT molecular complexity index is 933. The molecule has 0 aliphatic heterocycles. The van der Waals surface area contributed by atoms with Gasteiger partial charge in [0.25, 0.3) is 0 Å². The molecule has 0 saturated carbocycles. The quantitative estimate of drug-likeness (QED) is 0.0270. The van der Waals surface area contributed by atoms with Crippen LogP contribution in [0.3, 0.4) is 0 Å². The van der Waals surface area contributed by atoms with Crippen LogP contribution in [0, 0.1) is 10.8 Å². The first kappa shape index (κ1) is 51.9. The molecule has 0 aromatic heterocycles. The summed E-state index contributed by atoms with van der Waals surface area (Å²) in [5, 5.41) is 0. The molecular formula is C47H87NO6. The zero-order valence-electron chi connectivity index (χ0n) is 36.8. The lowest BCUT2D eigenvalue weighted by molar-refractivity contribution is -0.152. The van der Waals surface area contributed by atoms with E-state index in [-0.39, 0.29) is 34.8 Å². The minimum absolute atomic E-state index is 0.00929. The van der Waals surface area contributed by atoms with E-state index in [1.54, 1.807) is 0 Å². The molecule has 0 rings (SSSR count). The van der Waals surface area contributed by atoms with E-state index < -0.39 is 0 Å². The molecule has 54 heavy (non-hydrogen) atoms. The summed E-state index contributed by atoms with van der Waals surface area (Å²) in [5.74, 6) is -0.282. The summed E-state index contributed by atoms with van der Waals surface area (Å²) in [5.41, 5.74) is 0.0169. The van der Waals surface area contributed by atoms with Gasteiger partial charge in [0.2, 0.25) is 0 Å². The van der Waals surface area contributed by atoms with E-state index in [0.717, 1.165) is 103 Å². The predicted octanol–water partition coefficient (Wildman–Crippen LogP) is 12.9. The largest absolute Gasteiger partial charge is 0.465 e. The van der Waals surface area contributed by atoms with Crippen molar-refractivity contribution in [1.29, 1.82) is 0 Å². The van der Waals surface area contributed by atoms with Crippen LogP contribution in [0.1, 0.15) is 208 Å². The number of hydrogen-bond acceptors (Lipinski definition) is 7. The van der Waals surface area contributed by atoms with Crippen LogP contribution in [0.25, 0.3) is 0 Å². The van der Waals surface area contributed by atoms with Crippen molar-refractivity contribution >= 4 is 17.9 Å². The number of unbranched alkanes of at least 4 members (excludes halogenated alkanes) is 16. The first-order valence-corrected chi connectivity index (χ1v) is 22.3. The Labute approximate surface area is 334 Å². The molecular weight excluding hydrogens is 675 g/mol. The fourth-order valence-electron chi connectivity index (χ4n) is 7.62. The van der Waals surface area contributed by atoms with Crippen molar-refractivity contribution in [2.45, 2.75) is 215 Å². The highest BCUT2D eigenvalue weighted by Crippen LogP contribution is 2.37. The Morgan fingerprint density at radius 3 is 1.39 bits per heavy atom. The number of carbonyl (C=O) groups excluding carboxylic acids is 3. The summed E-state index contributed by atoms with van der Waals surface area (Å²) >= 11 is 0. The first-order chi connectivity index (χ1) is 25.8. The van der Waals surface area contributed by atoms with Crippen LogP contribution in [0.5, 0.6) is 0 Å². The maximum atomic E-state index is 13.3. The molecule has 0 aliphatic carbocycles. The molecule has 7 heteroatoms. The third-order valence-corrected chi connectivity index (χ3v) is 9.84. The van der Waals surface area contributed by atoms with Crippen LogP contribution in [0.4, 0.5) is 0 Å². The number of nitrogens with zero attached hydrogens (tertiary/aromatic N) is 1. The number of hydrogen-bond donors (Lipinski definition) is 0. The number of carbonyl (C=O) groups is 3. The fourth-order valence-corrected chi connectivity index (χ4v) is 7.62. The van der Waals surface area contributed by atoms with E-state index >= 15 is 0 Å². The summed E-state index contributed by atoms with van der Waals surface area (Å²) in [6.07, 6.45) is 34.8. The predicted molar refractivity (Wildman–Crippen MR) is 228 cm³/mol. The Hall–Kier alpha value is -2.15. The molecule has 0 amide bonds. The molecule has 0 heterocycles. The van der Waals surface area contributed by atoms with E-state index in [1.807, 2.05) is 12.2 Å². The van der Waals surface area contributed by atoms with Crippen LogP contribution < -0.4 is 0 Å². The lowest BCUT2D eigenvalue weighted by Gasteiger charge is -2.36. The second-order valence-electron chi connectivity index (χ2n) is 17.6. The fraction of sp³-hybridized carbons (Fsp3) is 0.851. The SMILES string of the molecule is CCCCCOC(=O)C/C=C\CCCCCCCCC(CCCCCCCC/C=C\CC(=O)OCCCCC)OC(=O)CC(C)(C)CC(C)(C)CN(C)C. The molecule has 7 nitrogen and oxygen atoms in total. The number of esters is 3. The van der Waals surface area contributed by atoms with Crippen molar-refractivity contribution in [3.63, 3.8) is 0 Å². The van der Waals surface area contributed by atoms with Gasteiger partial charge in [0.1, 0.15) is 6.10 Å². The zero-order chi connectivity index (χ0) is 40.3. The van der Waals surface area contributed by atoms with Gasteiger partial charge in [0, 0.05) is 6.54 Å². The van der Waals surface area contributed by atoms with E-state index in [0.29, 0.717) is 32.5 Å². The number of allylic oxidation sites excluding steroid dienone is 2. The van der Waals surface area contributed by atoms with Gasteiger partial charge in [-0.1, -0.05) is 143 Å². The molecule has 0 bridgehead atoms. The molecule has 0 fully saturated rings. The average molecular weight is 762 g/mol. The van der Waals surface area contributed by atoms with Gasteiger partial charge in [-0.05, 0) is 95.6 Å². The zero-order valence-corrected chi connectivity index (χ0v) is 36.8. The third-order valence-electron chi connectivity index (χ3n) is 9.84. The van der Waals surface area contributed by atoms with Crippen molar-refractivity contribution < 1.29 is 28.6 Å². The van der Waals surface area contributed by atoms with E-state index in [1.165, 1.54) is 51.4 Å². The van der Waals surface area contributed by atoms with E-state index in [4.69, 9.17) is 14.2 Å². The molecule has 0 atom stereocenters. The molecule has 316 valence electrons. The van der Waals surface area contributed by atoms with Crippen LogP contribution >= 0.6 is 0 Å². The molecule has 0 N–H and O–H groups in total. The van der Waals surface area contributed by atoms with E-state index in [2.05, 4.69) is 72.7 Å². The highest BCUT2D eigenvalue weighted by Gasteiger charge is 2.32. The first-order valence-electron chi connectivity index (χ1n) is 22.3. The highest BCUT2D eigenvalue weighted by molar-refractivity contribution is 5.71. The van der Waals surface area contributed by atoms with E-state index in [9.17, 15) is 14.4 Å². The molecule has 0 saturated heterocycles. The second-order valence-corrected chi connectivity index (χ2v) is 17.6. The molecule has 0 spiro atoms. The van der Waals surface area contributed by atoms with Crippen LogP contribution in [-0.2, 0) is 28.6 Å². The van der Waals surface area contributed by atoms with Gasteiger partial charge >= 0.3 is 17.9 Å². The summed E-state index contributed by atoms with van der Waals surface area (Å²) in [4.78, 5) is 39.0. The number of ether oxygens (including phenoxy) is 3. The monoisotopic (exact) mass is 762 g/mol. The van der Waals surface area contributed by atoms with Crippen LogP contribution in [0.15, 0.2) is 24.3 Å². The Morgan fingerprint density at radius 1 is 0.537 bits per heavy atom. The normalized spacial score (nSPS) is 12.4. The topological polar surface area (TPSA) is 82.1 Å². The molecule has 0 aromatic carbocycles. The van der Waals surface area contributed by atoms with Crippen molar-refractivity contribution in [2.24, 2.45) is 10.8 Å². The molecule has 0 radical (unpaired) electrons. The van der Waals surface area contributed by atoms with Crippen LogP contribution in [-0.4, -0.2) is 62.8 Å².